The molecule has 1 aliphatic heterocycles. The number of nitrogens with zero attached hydrogens (tertiary/aromatic N) is 2. The summed E-state index contributed by atoms with van der Waals surface area (Å²) in [5, 5.41) is 7.11. The fourth-order valence-corrected chi connectivity index (χ4v) is 5.56. The first kappa shape index (κ1) is 27.7. The lowest BCUT2D eigenvalue weighted by atomic mass is 10.0. The molecule has 1 aromatic carbocycles. The SMILES string of the molecule is CC(C)(C)OC(=O)N[C@H](Cc1ccc(Cl)cc1)C(=O)N1CCC[C@H]1C(=O)NCc1cc2c(N)nccc2s1. The second-order valence-electron chi connectivity index (χ2n) is 10.3. The number of anilines is 1. The number of nitrogen functional groups attached to an aromatic ring is 1. The van der Waals surface area contributed by atoms with Crippen LogP contribution in [0.25, 0.3) is 10.1 Å². The number of amides is 3. The number of ether oxygens (including phenoxy) is 1. The van der Waals surface area contributed by atoms with Gasteiger partial charge in [0.05, 0.1) is 6.54 Å². The maximum atomic E-state index is 13.7. The number of aromatic nitrogens is 1. The molecule has 2 atom stereocenters. The van der Waals surface area contributed by atoms with Gasteiger partial charge in [0.15, 0.2) is 0 Å². The van der Waals surface area contributed by atoms with Crippen LogP contribution in [0.5, 0.6) is 0 Å². The fraction of sp³-hybridized carbons (Fsp3) is 0.407. The normalized spacial score (nSPS) is 16.3. The number of rotatable bonds is 7. The van der Waals surface area contributed by atoms with E-state index in [-0.39, 0.29) is 18.2 Å². The van der Waals surface area contributed by atoms with Crippen molar-refractivity contribution in [2.24, 2.45) is 0 Å². The molecule has 9 nitrogen and oxygen atoms in total. The Morgan fingerprint density at radius 3 is 2.66 bits per heavy atom. The molecule has 1 aliphatic rings. The van der Waals surface area contributed by atoms with Gasteiger partial charge in [0.25, 0.3) is 0 Å². The van der Waals surface area contributed by atoms with E-state index in [4.69, 9.17) is 22.1 Å². The van der Waals surface area contributed by atoms with Crippen LogP contribution in [0.3, 0.4) is 0 Å². The first-order valence-electron chi connectivity index (χ1n) is 12.5. The van der Waals surface area contributed by atoms with Crippen LogP contribution in [0.4, 0.5) is 10.6 Å². The number of nitrogens with two attached hydrogens (primary N) is 1. The van der Waals surface area contributed by atoms with Gasteiger partial charge in [-0.3, -0.25) is 9.59 Å². The Bertz CT molecular complexity index is 1320. The van der Waals surface area contributed by atoms with E-state index in [0.29, 0.717) is 36.8 Å². The smallest absolute Gasteiger partial charge is 0.408 e. The van der Waals surface area contributed by atoms with Crippen LogP contribution in [0.1, 0.15) is 44.1 Å². The van der Waals surface area contributed by atoms with Crippen molar-refractivity contribution < 1.29 is 19.1 Å². The number of fused-ring (bicyclic) bond motifs is 1. The number of nitrogens with one attached hydrogen (secondary N) is 2. The second kappa shape index (κ2) is 11.6. The van der Waals surface area contributed by atoms with E-state index in [0.717, 1.165) is 20.5 Å². The number of pyridine rings is 1. The molecule has 1 saturated heterocycles. The van der Waals surface area contributed by atoms with E-state index in [9.17, 15) is 14.4 Å². The minimum absolute atomic E-state index is 0.233. The van der Waals surface area contributed by atoms with Gasteiger partial charge in [0.1, 0.15) is 23.5 Å². The zero-order chi connectivity index (χ0) is 27.4. The Labute approximate surface area is 230 Å². The zero-order valence-corrected chi connectivity index (χ0v) is 23.2. The van der Waals surface area contributed by atoms with Gasteiger partial charge in [-0.15, -0.1) is 11.3 Å². The lowest BCUT2D eigenvalue weighted by Gasteiger charge is -2.29. The van der Waals surface area contributed by atoms with Crippen LogP contribution < -0.4 is 16.4 Å². The topological polar surface area (TPSA) is 127 Å². The number of alkyl carbamates (subject to hydrolysis) is 1. The molecule has 4 rings (SSSR count). The predicted molar refractivity (Wildman–Crippen MR) is 149 cm³/mol. The molecule has 202 valence electrons. The largest absolute Gasteiger partial charge is 0.444 e. The van der Waals surface area contributed by atoms with Crippen LogP contribution in [-0.4, -0.2) is 52.0 Å². The molecule has 38 heavy (non-hydrogen) atoms. The molecule has 0 bridgehead atoms. The van der Waals surface area contributed by atoms with E-state index in [2.05, 4.69) is 15.6 Å². The molecule has 3 aromatic rings. The lowest BCUT2D eigenvalue weighted by molar-refractivity contribution is -0.140. The summed E-state index contributed by atoms with van der Waals surface area (Å²) in [7, 11) is 0. The molecule has 0 saturated carbocycles. The summed E-state index contributed by atoms with van der Waals surface area (Å²) < 4.78 is 6.40. The maximum Gasteiger partial charge on any atom is 0.408 e. The van der Waals surface area contributed by atoms with E-state index in [1.54, 1.807) is 56.1 Å². The summed E-state index contributed by atoms with van der Waals surface area (Å²) in [4.78, 5) is 46.1. The molecule has 0 unspecified atom stereocenters. The Balaban J connectivity index is 1.46. The summed E-state index contributed by atoms with van der Waals surface area (Å²) in [6.45, 7) is 6.01. The predicted octanol–water partition coefficient (Wildman–Crippen LogP) is 4.28. The number of benzene rings is 1. The highest BCUT2D eigenvalue weighted by Crippen LogP contribution is 2.28. The molecular weight excluding hydrogens is 526 g/mol. The van der Waals surface area contributed by atoms with Crippen LogP contribution in [0, 0.1) is 0 Å². The molecule has 0 spiro atoms. The number of halogens is 1. The Kier molecular flexibility index (Phi) is 8.42. The number of thiophene rings is 1. The quantitative estimate of drug-likeness (QED) is 0.398. The minimum Gasteiger partial charge on any atom is -0.444 e. The fourth-order valence-electron chi connectivity index (χ4n) is 4.43. The average Bonchev–Trinajstić information content (AvgIpc) is 3.50. The number of carbonyl (C=O) groups is 3. The highest BCUT2D eigenvalue weighted by atomic mass is 35.5. The van der Waals surface area contributed by atoms with Crippen LogP contribution in [-0.2, 0) is 27.3 Å². The number of hydrogen-bond donors (Lipinski definition) is 3. The van der Waals surface area contributed by atoms with Gasteiger partial charge in [0.2, 0.25) is 11.8 Å². The van der Waals surface area contributed by atoms with Crippen molar-refractivity contribution in [3.8, 4) is 0 Å². The summed E-state index contributed by atoms with van der Waals surface area (Å²) in [6, 6.07) is 9.35. The third-order valence-electron chi connectivity index (χ3n) is 6.14. The van der Waals surface area contributed by atoms with Crippen LogP contribution >= 0.6 is 22.9 Å². The molecule has 0 radical (unpaired) electrons. The average molecular weight is 558 g/mol. The third kappa shape index (κ3) is 6.93. The van der Waals surface area contributed by atoms with E-state index in [1.165, 1.54) is 11.3 Å². The van der Waals surface area contributed by atoms with Crippen molar-refractivity contribution in [1.29, 1.82) is 0 Å². The van der Waals surface area contributed by atoms with E-state index < -0.39 is 23.8 Å². The summed E-state index contributed by atoms with van der Waals surface area (Å²) >= 11 is 7.55. The van der Waals surface area contributed by atoms with Crippen molar-refractivity contribution >= 4 is 56.7 Å². The molecule has 0 aliphatic carbocycles. The second-order valence-corrected chi connectivity index (χ2v) is 11.9. The minimum atomic E-state index is -0.905. The standard InChI is InChI=1S/C27H32ClN5O4S/c1-27(2,3)37-26(36)32-20(13-16-6-8-17(28)9-7-16)25(35)33-12-4-5-21(33)24(34)31-15-18-14-19-22(38-18)10-11-30-23(19)29/h6-11,14,20-21H,4-5,12-13,15H2,1-3H3,(H2,29,30)(H,31,34)(H,32,36)/t20-,21+/m1/s1. The molecule has 11 heteroatoms. The van der Waals surface area contributed by atoms with Crippen molar-refractivity contribution in [3.63, 3.8) is 0 Å². The molecule has 3 amide bonds. The van der Waals surface area contributed by atoms with Crippen LogP contribution in [0.2, 0.25) is 5.02 Å². The molecule has 2 aromatic heterocycles. The third-order valence-corrected chi connectivity index (χ3v) is 7.50. The highest BCUT2D eigenvalue weighted by Gasteiger charge is 2.38. The number of carbonyl (C=O) groups excluding carboxylic acids is 3. The van der Waals surface area contributed by atoms with Gasteiger partial charge < -0.3 is 26.0 Å². The lowest BCUT2D eigenvalue weighted by Crippen LogP contribution is -2.54. The zero-order valence-electron chi connectivity index (χ0n) is 21.6. The van der Waals surface area contributed by atoms with Gasteiger partial charge in [0, 0.05) is 39.1 Å². The molecule has 1 fully saturated rings. The van der Waals surface area contributed by atoms with Gasteiger partial charge >= 0.3 is 6.09 Å². The van der Waals surface area contributed by atoms with Crippen molar-refractivity contribution in [2.45, 2.75) is 64.3 Å². The van der Waals surface area contributed by atoms with Gasteiger partial charge in [-0.05, 0) is 63.4 Å². The molecule has 3 heterocycles. The van der Waals surface area contributed by atoms with Gasteiger partial charge in [-0.2, -0.15) is 0 Å². The van der Waals surface area contributed by atoms with Gasteiger partial charge in [-0.1, -0.05) is 23.7 Å². The van der Waals surface area contributed by atoms with Crippen molar-refractivity contribution in [1.82, 2.24) is 20.5 Å². The first-order chi connectivity index (χ1) is 18.0. The van der Waals surface area contributed by atoms with E-state index in [1.807, 2.05) is 12.1 Å². The Morgan fingerprint density at radius 2 is 1.97 bits per heavy atom. The maximum absolute atomic E-state index is 13.7. The monoisotopic (exact) mass is 557 g/mol. The van der Waals surface area contributed by atoms with Gasteiger partial charge in [-0.25, -0.2) is 9.78 Å². The summed E-state index contributed by atoms with van der Waals surface area (Å²) in [5.74, 6) is -0.112. The Hall–Kier alpha value is -3.37. The molecular formula is C27H32ClN5O4S. The highest BCUT2D eigenvalue weighted by molar-refractivity contribution is 7.19. The van der Waals surface area contributed by atoms with Crippen LogP contribution in [0.15, 0.2) is 42.6 Å². The van der Waals surface area contributed by atoms with E-state index >= 15 is 0 Å². The van der Waals surface area contributed by atoms with Crippen molar-refractivity contribution in [2.75, 3.05) is 12.3 Å². The summed E-state index contributed by atoms with van der Waals surface area (Å²) in [5.41, 5.74) is 6.06. The first-order valence-corrected chi connectivity index (χ1v) is 13.6. The Morgan fingerprint density at radius 1 is 1.24 bits per heavy atom. The van der Waals surface area contributed by atoms with Crippen molar-refractivity contribution in [3.05, 3.63) is 58.1 Å². The summed E-state index contributed by atoms with van der Waals surface area (Å²) in [6.07, 6.45) is 2.43. The molecule has 4 N–H and O–H groups in total. The number of likely N-dealkylation sites (tertiary alicyclic amines) is 1. The number of hydrogen-bond acceptors (Lipinski definition) is 7.